The zero-order valence-electron chi connectivity index (χ0n) is 10.9. The molecule has 1 unspecified atom stereocenters. The van der Waals surface area contributed by atoms with Crippen LogP contribution < -0.4 is 5.32 Å². The summed E-state index contributed by atoms with van der Waals surface area (Å²) in [5.74, 6) is 0.156. The first-order valence-electron chi connectivity index (χ1n) is 5.81. The number of sulfone groups is 1. The molecule has 0 fully saturated rings. The third kappa shape index (κ3) is 4.23. The molecule has 0 aliphatic carbocycles. The minimum absolute atomic E-state index is 0.0718. The van der Waals surface area contributed by atoms with E-state index in [0.717, 1.165) is 5.56 Å². The van der Waals surface area contributed by atoms with Crippen LogP contribution in [0.1, 0.15) is 31.4 Å². The minimum atomic E-state index is -3.15. The highest BCUT2D eigenvalue weighted by Crippen LogP contribution is 2.20. The third-order valence-electron chi connectivity index (χ3n) is 2.84. The number of carbonyl (C=O) groups excluding carboxylic acids is 1. The molecule has 0 heterocycles. The van der Waals surface area contributed by atoms with Gasteiger partial charge in [0.15, 0.2) is 9.84 Å². The quantitative estimate of drug-likeness (QED) is 0.854. The Morgan fingerprint density at radius 1 is 1.28 bits per heavy atom. The van der Waals surface area contributed by atoms with E-state index in [0.29, 0.717) is 17.7 Å². The minimum Gasteiger partial charge on any atom is -0.313 e. The summed E-state index contributed by atoms with van der Waals surface area (Å²) >= 11 is 0. The van der Waals surface area contributed by atoms with Gasteiger partial charge in [-0.3, -0.25) is 0 Å². The highest BCUT2D eigenvalue weighted by Gasteiger charge is 2.12. The summed E-state index contributed by atoms with van der Waals surface area (Å²) in [4.78, 5) is 11.3. The molecule has 0 aliphatic heterocycles. The van der Waals surface area contributed by atoms with Gasteiger partial charge in [0.1, 0.15) is 5.78 Å². The fourth-order valence-electron chi connectivity index (χ4n) is 1.77. The van der Waals surface area contributed by atoms with Crippen molar-refractivity contribution in [3.05, 3.63) is 29.8 Å². The summed E-state index contributed by atoms with van der Waals surface area (Å²) in [5.41, 5.74) is 0.992. The molecular formula is C13H19NO3S. The zero-order chi connectivity index (χ0) is 13.8. The van der Waals surface area contributed by atoms with E-state index >= 15 is 0 Å². The number of carbonyl (C=O) groups is 1. The Kier molecular flexibility index (Phi) is 5.04. The Labute approximate surface area is 108 Å². The second kappa shape index (κ2) is 6.11. The molecule has 0 amide bonds. The summed E-state index contributed by atoms with van der Waals surface area (Å²) in [6.45, 7) is 1.57. The SMILES string of the molecule is CNC(CCC(C)=O)c1ccc(S(C)(=O)=O)cc1. The fraction of sp³-hybridized carbons (Fsp3) is 0.462. The van der Waals surface area contributed by atoms with Crippen molar-refractivity contribution < 1.29 is 13.2 Å². The molecule has 1 rings (SSSR count). The Hall–Kier alpha value is -1.20. The lowest BCUT2D eigenvalue weighted by molar-refractivity contribution is -0.117. The first kappa shape index (κ1) is 14.9. The van der Waals surface area contributed by atoms with E-state index in [-0.39, 0.29) is 11.8 Å². The van der Waals surface area contributed by atoms with Crippen molar-refractivity contribution in [2.75, 3.05) is 13.3 Å². The van der Waals surface area contributed by atoms with Gasteiger partial charge in [-0.1, -0.05) is 12.1 Å². The van der Waals surface area contributed by atoms with Crippen molar-refractivity contribution in [1.82, 2.24) is 5.32 Å². The number of nitrogens with one attached hydrogen (secondary N) is 1. The lowest BCUT2D eigenvalue weighted by atomic mass is 10.0. The topological polar surface area (TPSA) is 63.2 Å². The Morgan fingerprint density at radius 2 is 1.83 bits per heavy atom. The van der Waals surface area contributed by atoms with E-state index in [2.05, 4.69) is 5.32 Å². The van der Waals surface area contributed by atoms with Gasteiger partial charge in [-0.2, -0.15) is 0 Å². The van der Waals surface area contributed by atoms with E-state index in [1.165, 1.54) is 6.26 Å². The van der Waals surface area contributed by atoms with Crippen molar-refractivity contribution in [2.24, 2.45) is 0 Å². The molecule has 1 atom stereocenters. The number of rotatable bonds is 6. The van der Waals surface area contributed by atoms with Gasteiger partial charge >= 0.3 is 0 Å². The molecule has 0 bridgehead atoms. The summed E-state index contributed by atoms with van der Waals surface area (Å²) in [7, 11) is -1.32. The van der Waals surface area contributed by atoms with Gasteiger partial charge in [0, 0.05) is 18.7 Å². The zero-order valence-corrected chi connectivity index (χ0v) is 11.8. The largest absolute Gasteiger partial charge is 0.313 e. The normalized spacial score (nSPS) is 13.3. The maximum absolute atomic E-state index is 11.3. The molecule has 0 aliphatic rings. The fourth-order valence-corrected chi connectivity index (χ4v) is 2.40. The molecule has 0 aromatic heterocycles. The van der Waals surface area contributed by atoms with Crippen molar-refractivity contribution in [1.29, 1.82) is 0 Å². The Bertz CT molecular complexity index is 506. The summed E-state index contributed by atoms with van der Waals surface area (Å²) in [6.07, 6.45) is 2.41. The summed E-state index contributed by atoms with van der Waals surface area (Å²) in [5, 5.41) is 3.13. The van der Waals surface area contributed by atoms with E-state index in [1.54, 1.807) is 31.2 Å². The van der Waals surface area contributed by atoms with Gasteiger partial charge in [0.05, 0.1) is 4.90 Å². The van der Waals surface area contributed by atoms with E-state index in [9.17, 15) is 13.2 Å². The molecule has 1 N–H and O–H groups in total. The standard InChI is InChI=1S/C13H19NO3S/c1-10(15)4-9-13(14-2)11-5-7-12(8-6-11)18(3,16)17/h5-8,13-14H,4,9H2,1-3H3. The molecule has 0 saturated heterocycles. The van der Waals surface area contributed by atoms with Gasteiger partial charge in [0.2, 0.25) is 0 Å². The van der Waals surface area contributed by atoms with Crippen LogP contribution in [0.2, 0.25) is 0 Å². The third-order valence-corrected chi connectivity index (χ3v) is 3.97. The van der Waals surface area contributed by atoms with Crippen LogP contribution in [-0.2, 0) is 14.6 Å². The molecule has 100 valence electrons. The molecule has 0 radical (unpaired) electrons. The van der Waals surface area contributed by atoms with Crippen molar-refractivity contribution in [3.63, 3.8) is 0 Å². The van der Waals surface area contributed by atoms with Gasteiger partial charge in [0.25, 0.3) is 0 Å². The van der Waals surface area contributed by atoms with Gasteiger partial charge in [-0.05, 0) is 38.1 Å². The lowest BCUT2D eigenvalue weighted by Crippen LogP contribution is -2.17. The number of Topliss-reactive ketones (excluding diaryl/α,β-unsaturated/α-hetero) is 1. The average molecular weight is 269 g/mol. The molecule has 0 spiro atoms. The predicted octanol–water partition coefficient (Wildman–Crippen LogP) is 1.72. The van der Waals surface area contributed by atoms with E-state index < -0.39 is 9.84 Å². The van der Waals surface area contributed by atoms with Gasteiger partial charge in [-0.25, -0.2) is 8.42 Å². The number of benzene rings is 1. The van der Waals surface area contributed by atoms with Crippen LogP contribution in [0.3, 0.4) is 0 Å². The van der Waals surface area contributed by atoms with Crippen molar-refractivity contribution in [3.8, 4) is 0 Å². The number of hydrogen-bond donors (Lipinski definition) is 1. The van der Waals surface area contributed by atoms with Crippen LogP contribution in [0, 0.1) is 0 Å². The van der Waals surface area contributed by atoms with Crippen molar-refractivity contribution >= 4 is 15.6 Å². The number of hydrogen-bond acceptors (Lipinski definition) is 4. The predicted molar refractivity (Wildman–Crippen MR) is 71.3 cm³/mol. The second-order valence-corrected chi connectivity index (χ2v) is 6.44. The summed E-state index contributed by atoms with van der Waals surface area (Å²) < 4.78 is 22.7. The molecule has 0 saturated carbocycles. The van der Waals surface area contributed by atoms with Crippen LogP contribution >= 0.6 is 0 Å². The first-order valence-corrected chi connectivity index (χ1v) is 7.70. The van der Waals surface area contributed by atoms with Gasteiger partial charge < -0.3 is 10.1 Å². The molecule has 1 aromatic rings. The second-order valence-electron chi connectivity index (χ2n) is 4.42. The molecule has 4 nitrogen and oxygen atoms in total. The lowest BCUT2D eigenvalue weighted by Gasteiger charge is -2.16. The molecule has 5 heteroatoms. The highest BCUT2D eigenvalue weighted by atomic mass is 32.2. The Balaban J connectivity index is 2.85. The van der Waals surface area contributed by atoms with Crippen molar-refractivity contribution in [2.45, 2.75) is 30.7 Å². The highest BCUT2D eigenvalue weighted by molar-refractivity contribution is 7.90. The van der Waals surface area contributed by atoms with Crippen LogP contribution in [0.5, 0.6) is 0 Å². The Morgan fingerprint density at radius 3 is 2.22 bits per heavy atom. The smallest absolute Gasteiger partial charge is 0.175 e. The van der Waals surface area contributed by atoms with Crippen LogP contribution in [0.15, 0.2) is 29.2 Å². The van der Waals surface area contributed by atoms with E-state index in [4.69, 9.17) is 0 Å². The number of ketones is 1. The van der Waals surface area contributed by atoms with Gasteiger partial charge in [-0.15, -0.1) is 0 Å². The maximum atomic E-state index is 11.3. The molecule has 1 aromatic carbocycles. The van der Waals surface area contributed by atoms with E-state index in [1.807, 2.05) is 7.05 Å². The monoisotopic (exact) mass is 269 g/mol. The molecular weight excluding hydrogens is 250 g/mol. The van der Waals surface area contributed by atoms with Crippen LogP contribution in [-0.4, -0.2) is 27.5 Å². The molecule has 18 heavy (non-hydrogen) atoms. The van der Waals surface area contributed by atoms with Crippen LogP contribution in [0.25, 0.3) is 0 Å². The maximum Gasteiger partial charge on any atom is 0.175 e. The average Bonchev–Trinajstić information content (AvgIpc) is 2.29. The summed E-state index contributed by atoms with van der Waals surface area (Å²) in [6, 6.07) is 6.85. The van der Waals surface area contributed by atoms with Crippen LogP contribution in [0.4, 0.5) is 0 Å². The first-order chi connectivity index (χ1) is 8.34.